The van der Waals surface area contributed by atoms with Crippen LogP contribution in [0.3, 0.4) is 0 Å². The average molecular weight is 373 g/mol. The summed E-state index contributed by atoms with van der Waals surface area (Å²) in [7, 11) is 0. The normalized spacial score (nSPS) is 16.6. The van der Waals surface area contributed by atoms with Gasteiger partial charge in [0.15, 0.2) is 0 Å². The van der Waals surface area contributed by atoms with Crippen LogP contribution in [0, 0.1) is 12.8 Å². The number of amides is 1. The van der Waals surface area contributed by atoms with Gasteiger partial charge in [-0.15, -0.1) is 11.3 Å². The number of hydrogen-bond donors (Lipinski definition) is 1. The van der Waals surface area contributed by atoms with E-state index in [4.69, 9.17) is 4.98 Å². The monoisotopic (exact) mass is 372 g/mol. The predicted octanol–water partition coefficient (Wildman–Crippen LogP) is 3.99. The second kappa shape index (κ2) is 7.84. The van der Waals surface area contributed by atoms with Gasteiger partial charge in [-0.05, 0) is 45.0 Å². The zero-order valence-electron chi connectivity index (χ0n) is 16.1. The summed E-state index contributed by atoms with van der Waals surface area (Å²) in [6.07, 6.45) is 1.77. The number of pyridine rings is 1. The van der Waals surface area contributed by atoms with Crippen molar-refractivity contribution in [3.63, 3.8) is 0 Å². The van der Waals surface area contributed by atoms with Crippen LogP contribution in [0.1, 0.15) is 50.0 Å². The van der Waals surface area contributed by atoms with Gasteiger partial charge in [-0.1, -0.05) is 26.8 Å². The van der Waals surface area contributed by atoms with E-state index >= 15 is 0 Å². The van der Waals surface area contributed by atoms with Crippen molar-refractivity contribution in [2.24, 2.45) is 5.92 Å². The van der Waals surface area contributed by atoms with Crippen LogP contribution in [-0.4, -0.2) is 33.9 Å². The molecule has 1 amide bonds. The van der Waals surface area contributed by atoms with Crippen molar-refractivity contribution in [1.82, 2.24) is 14.9 Å². The maximum atomic E-state index is 12.5. The van der Waals surface area contributed by atoms with Gasteiger partial charge in [0, 0.05) is 29.0 Å². The Hall–Kier alpha value is -1.79. The fourth-order valence-corrected chi connectivity index (χ4v) is 4.05. The Morgan fingerprint density at radius 1 is 1.27 bits per heavy atom. The van der Waals surface area contributed by atoms with E-state index in [-0.39, 0.29) is 17.2 Å². The highest BCUT2D eigenvalue weighted by molar-refractivity contribution is 7.09. The van der Waals surface area contributed by atoms with Gasteiger partial charge >= 0.3 is 0 Å². The summed E-state index contributed by atoms with van der Waals surface area (Å²) in [5.74, 6) is 0.801. The molecule has 0 saturated carbocycles. The highest BCUT2D eigenvalue weighted by atomic mass is 32.1. The molecule has 0 spiro atoms. The first kappa shape index (κ1) is 19.0. The summed E-state index contributed by atoms with van der Waals surface area (Å²) in [4.78, 5) is 24.0. The summed E-state index contributed by atoms with van der Waals surface area (Å²) in [5.41, 5.74) is 2.17. The van der Waals surface area contributed by atoms with Crippen molar-refractivity contribution in [2.75, 3.05) is 18.4 Å². The molecule has 2 aromatic rings. The summed E-state index contributed by atoms with van der Waals surface area (Å²) >= 11 is 1.74. The zero-order valence-corrected chi connectivity index (χ0v) is 16.9. The minimum atomic E-state index is 0.0640. The molecule has 1 aliphatic heterocycles. The van der Waals surface area contributed by atoms with Crippen LogP contribution in [0.2, 0.25) is 0 Å². The van der Waals surface area contributed by atoms with Crippen molar-refractivity contribution in [2.45, 2.75) is 52.5 Å². The van der Waals surface area contributed by atoms with Crippen LogP contribution in [0.4, 0.5) is 5.82 Å². The topological polar surface area (TPSA) is 58.1 Å². The van der Waals surface area contributed by atoms with E-state index in [9.17, 15) is 4.79 Å². The Morgan fingerprint density at radius 3 is 2.62 bits per heavy atom. The van der Waals surface area contributed by atoms with E-state index in [0.717, 1.165) is 43.9 Å². The molecule has 1 saturated heterocycles. The number of nitrogens with one attached hydrogen (secondary N) is 1. The lowest BCUT2D eigenvalue weighted by molar-refractivity contribution is -0.121. The lowest BCUT2D eigenvalue weighted by Gasteiger charge is -2.30. The Morgan fingerprint density at radius 2 is 2.00 bits per heavy atom. The van der Waals surface area contributed by atoms with Gasteiger partial charge in [0.1, 0.15) is 5.82 Å². The number of aromatic nitrogens is 2. The number of anilines is 1. The van der Waals surface area contributed by atoms with Crippen molar-refractivity contribution < 1.29 is 4.79 Å². The Labute approximate surface area is 159 Å². The lowest BCUT2D eigenvalue weighted by atomic mass is 9.96. The second-order valence-corrected chi connectivity index (χ2v) is 8.96. The molecule has 0 unspecified atom stereocenters. The maximum absolute atomic E-state index is 12.5. The third-order valence-corrected chi connectivity index (χ3v) is 5.99. The van der Waals surface area contributed by atoms with Gasteiger partial charge in [-0.25, -0.2) is 9.97 Å². The Bertz CT molecular complexity index is 757. The third kappa shape index (κ3) is 4.89. The van der Waals surface area contributed by atoms with E-state index in [1.165, 1.54) is 5.01 Å². The summed E-state index contributed by atoms with van der Waals surface area (Å²) in [6, 6.07) is 5.69. The standard InChI is InChI=1S/C20H28N4OS/c1-14-6-5-7-17(21-14)23-18(25)15-8-10-24(11-9-15)12-16-13-26-19(22-16)20(2,3)4/h5-7,13,15H,8-12H2,1-4H3,(H,21,23,25). The summed E-state index contributed by atoms with van der Waals surface area (Å²) in [6.45, 7) is 11.3. The number of likely N-dealkylation sites (tertiary alicyclic amines) is 1. The summed E-state index contributed by atoms with van der Waals surface area (Å²) < 4.78 is 0. The number of nitrogens with zero attached hydrogens (tertiary/aromatic N) is 3. The fourth-order valence-electron chi connectivity index (χ4n) is 3.15. The molecule has 0 atom stereocenters. The second-order valence-electron chi connectivity index (χ2n) is 8.10. The van der Waals surface area contributed by atoms with Crippen LogP contribution >= 0.6 is 11.3 Å². The molecule has 3 heterocycles. The van der Waals surface area contributed by atoms with E-state index in [0.29, 0.717) is 5.82 Å². The highest BCUT2D eigenvalue weighted by Gasteiger charge is 2.26. The molecule has 0 aliphatic carbocycles. The molecule has 6 heteroatoms. The van der Waals surface area contributed by atoms with Crippen molar-refractivity contribution in [3.8, 4) is 0 Å². The van der Waals surface area contributed by atoms with E-state index < -0.39 is 0 Å². The number of carbonyl (C=O) groups excluding carboxylic acids is 1. The fraction of sp³-hybridized carbons (Fsp3) is 0.550. The molecule has 1 fully saturated rings. The minimum Gasteiger partial charge on any atom is -0.310 e. The SMILES string of the molecule is Cc1cccc(NC(=O)C2CCN(Cc3csc(C(C)(C)C)n3)CC2)n1. The van der Waals surface area contributed by atoms with Gasteiger partial charge < -0.3 is 5.32 Å². The molecule has 140 valence electrons. The van der Waals surface area contributed by atoms with Gasteiger partial charge in [0.05, 0.1) is 10.7 Å². The molecule has 0 radical (unpaired) electrons. The first-order chi connectivity index (χ1) is 12.3. The smallest absolute Gasteiger partial charge is 0.228 e. The molecular formula is C20H28N4OS. The number of thiazole rings is 1. The van der Waals surface area contributed by atoms with E-state index in [1.54, 1.807) is 11.3 Å². The van der Waals surface area contributed by atoms with E-state index in [2.05, 4.69) is 41.4 Å². The number of aryl methyl sites for hydroxylation is 1. The number of piperidine rings is 1. The molecule has 26 heavy (non-hydrogen) atoms. The molecule has 3 rings (SSSR count). The molecule has 1 N–H and O–H groups in total. The number of hydrogen-bond acceptors (Lipinski definition) is 5. The van der Waals surface area contributed by atoms with E-state index in [1.807, 2.05) is 25.1 Å². The number of carbonyl (C=O) groups is 1. The molecule has 2 aromatic heterocycles. The minimum absolute atomic E-state index is 0.0640. The van der Waals surface area contributed by atoms with Crippen LogP contribution < -0.4 is 5.32 Å². The maximum Gasteiger partial charge on any atom is 0.228 e. The van der Waals surface area contributed by atoms with Crippen molar-refractivity contribution in [3.05, 3.63) is 40.0 Å². The zero-order chi connectivity index (χ0) is 18.7. The van der Waals surface area contributed by atoms with Crippen LogP contribution in [-0.2, 0) is 16.8 Å². The average Bonchev–Trinajstić information content (AvgIpc) is 3.04. The molecule has 1 aliphatic rings. The predicted molar refractivity (Wildman–Crippen MR) is 106 cm³/mol. The largest absolute Gasteiger partial charge is 0.310 e. The molecule has 5 nitrogen and oxygen atoms in total. The van der Waals surface area contributed by atoms with Crippen LogP contribution in [0.15, 0.2) is 23.6 Å². The van der Waals surface area contributed by atoms with Crippen molar-refractivity contribution in [1.29, 1.82) is 0 Å². The Balaban J connectivity index is 1.49. The quantitative estimate of drug-likeness (QED) is 0.881. The Kier molecular flexibility index (Phi) is 5.73. The lowest BCUT2D eigenvalue weighted by Crippen LogP contribution is -2.38. The van der Waals surface area contributed by atoms with Crippen molar-refractivity contribution >= 4 is 23.1 Å². The van der Waals surface area contributed by atoms with Gasteiger partial charge in [0.2, 0.25) is 5.91 Å². The molecular weight excluding hydrogens is 344 g/mol. The van der Waals surface area contributed by atoms with Crippen LogP contribution in [0.25, 0.3) is 0 Å². The first-order valence-corrected chi connectivity index (χ1v) is 10.1. The molecule has 0 aromatic carbocycles. The van der Waals surface area contributed by atoms with Crippen LogP contribution in [0.5, 0.6) is 0 Å². The number of rotatable bonds is 4. The highest BCUT2D eigenvalue weighted by Crippen LogP contribution is 2.27. The van der Waals surface area contributed by atoms with Gasteiger partial charge in [0.25, 0.3) is 0 Å². The first-order valence-electron chi connectivity index (χ1n) is 9.23. The van der Waals surface area contributed by atoms with Gasteiger partial charge in [-0.3, -0.25) is 9.69 Å². The molecule has 0 bridgehead atoms. The van der Waals surface area contributed by atoms with Gasteiger partial charge in [-0.2, -0.15) is 0 Å². The summed E-state index contributed by atoms with van der Waals surface area (Å²) in [5, 5.41) is 6.31. The third-order valence-electron chi connectivity index (χ3n) is 4.68.